The quantitative estimate of drug-likeness (QED) is 0.456. The molecule has 0 spiro atoms. The van der Waals surface area contributed by atoms with Gasteiger partial charge in [0.25, 0.3) is 0 Å². The Bertz CT molecular complexity index is 479. The third-order valence-corrected chi connectivity index (χ3v) is 2.73. The third-order valence-electron chi connectivity index (χ3n) is 2.73. The minimum atomic E-state index is -0.430. The fraction of sp³-hybridized carbons (Fsp3) is 0.333. The van der Waals surface area contributed by atoms with E-state index in [4.69, 9.17) is 14.9 Å². The maximum atomic E-state index is 11.6. The van der Waals surface area contributed by atoms with Gasteiger partial charge in [-0.25, -0.2) is 0 Å². The predicted octanol–water partition coefficient (Wildman–Crippen LogP) is 2.61. The van der Waals surface area contributed by atoms with Crippen LogP contribution in [0.2, 0.25) is 0 Å². The molecule has 0 aliphatic heterocycles. The van der Waals surface area contributed by atoms with Gasteiger partial charge < -0.3 is 20.0 Å². The minimum Gasteiger partial charge on any atom is -0.508 e. The molecule has 5 heteroatoms. The monoisotopic (exact) mass is 277 g/mol. The zero-order valence-corrected chi connectivity index (χ0v) is 11.6. The van der Waals surface area contributed by atoms with Crippen LogP contribution in [0.15, 0.2) is 36.6 Å². The molecule has 1 atom stereocenters. The number of hydrogen-bond donors (Lipinski definition) is 2. The number of phenols is 1. The maximum absolute atomic E-state index is 11.6. The van der Waals surface area contributed by atoms with Crippen LogP contribution in [0.3, 0.4) is 0 Å². The summed E-state index contributed by atoms with van der Waals surface area (Å²) in [5.41, 5.74) is 1.01. The summed E-state index contributed by atoms with van der Waals surface area (Å²) >= 11 is 0. The first-order valence-electron chi connectivity index (χ1n) is 6.30. The van der Waals surface area contributed by atoms with Crippen molar-refractivity contribution < 1.29 is 19.4 Å². The summed E-state index contributed by atoms with van der Waals surface area (Å²) in [6.07, 6.45) is 2.96. The smallest absolute Gasteiger partial charge is 0.306 e. The Kier molecular flexibility index (Phi) is 6.29. The molecule has 108 valence electrons. The second kappa shape index (κ2) is 7.99. The molecule has 1 aromatic rings. The molecule has 0 radical (unpaired) electrons. The van der Waals surface area contributed by atoms with E-state index in [-0.39, 0.29) is 23.9 Å². The summed E-state index contributed by atoms with van der Waals surface area (Å²) < 4.78 is 9.72. The Hall–Kier alpha value is -2.30. The van der Waals surface area contributed by atoms with Gasteiger partial charge in [-0.1, -0.05) is 12.1 Å². The largest absolute Gasteiger partial charge is 0.508 e. The van der Waals surface area contributed by atoms with Crippen LogP contribution in [0.1, 0.15) is 24.8 Å². The lowest BCUT2D eigenvalue weighted by atomic mass is 9.91. The Morgan fingerprint density at radius 3 is 2.60 bits per heavy atom. The molecule has 0 aliphatic rings. The molecule has 1 aromatic carbocycles. The zero-order chi connectivity index (χ0) is 15.0. The Labute approximate surface area is 118 Å². The van der Waals surface area contributed by atoms with Gasteiger partial charge in [-0.15, -0.1) is 0 Å². The van der Waals surface area contributed by atoms with Gasteiger partial charge in [-0.05, 0) is 30.7 Å². The van der Waals surface area contributed by atoms with Crippen molar-refractivity contribution in [1.29, 1.82) is 5.41 Å². The van der Waals surface area contributed by atoms with Gasteiger partial charge in [0.15, 0.2) is 0 Å². The molecule has 0 unspecified atom stereocenters. The van der Waals surface area contributed by atoms with E-state index in [1.54, 1.807) is 19.1 Å². The summed E-state index contributed by atoms with van der Waals surface area (Å²) in [5.74, 6) is -0.648. The maximum Gasteiger partial charge on any atom is 0.306 e. The molecule has 0 bridgehead atoms. The Morgan fingerprint density at radius 2 is 2.05 bits per heavy atom. The lowest BCUT2D eigenvalue weighted by Crippen LogP contribution is -2.16. The number of ether oxygens (including phenoxy) is 2. The summed E-state index contributed by atoms with van der Waals surface area (Å²) in [7, 11) is 1.49. The molecule has 0 saturated carbocycles. The lowest BCUT2D eigenvalue weighted by molar-refractivity contribution is -0.143. The van der Waals surface area contributed by atoms with E-state index in [1.165, 1.54) is 31.6 Å². The highest BCUT2D eigenvalue weighted by Gasteiger charge is 2.20. The fourth-order valence-corrected chi connectivity index (χ4v) is 1.76. The van der Waals surface area contributed by atoms with Gasteiger partial charge >= 0.3 is 5.97 Å². The SMILES string of the molecule is CCOC(=O)C[C@H](C(=N)/C=C\OC)c1ccc(O)cc1. The second-order valence-electron chi connectivity index (χ2n) is 4.15. The van der Waals surface area contributed by atoms with Gasteiger partial charge in [-0.2, -0.15) is 0 Å². The molecule has 1 rings (SSSR count). The number of carbonyl (C=O) groups excluding carboxylic acids is 1. The van der Waals surface area contributed by atoms with Gasteiger partial charge in [0, 0.05) is 11.6 Å². The molecule has 0 amide bonds. The molecule has 0 aliphatic carbocycles. The lowest BCUT2D eigenvalue weighted by Gasteiger charge is -2.16. The van der Waals surface area contributed by atoms with Crippen LogP contribution in [0.25, 0.3) is 0 Å². The number of nitrogens with one attached hydrogen (secondary N) is 1. The van der Waals surface area contributed by atoms with Gasteiger partial charge in [0.2, 0.25) is 0 Å². The van der Waals surface area contributed by atoms with E-state index in [1.807, 2.05) is 0 Å². The number of methoxy groups -OCH3 is 1. The summed E-state index contributed by atoms with van der Waals surface area (Å²) in [6.45, 7) is 2.05. The summed E-state index contributed by atoms with van der Waals surface area (Å²) in [6, 6.07) is 6.43. The van der Waals surface area contributed by atoms with Crippen LogP contribution >= 0.6 is 0 Å². The number of phenolic OH excluding ortho intramolecular Hbond substituents is 1. The summed E-state index contributed by atoms with van der Waals surface area (Å²) in [4.78, 5) is 11.6. The van der Waals surface area contributed by atoms with Crippen molar-refractivity contribution in [2.24, 2.45) is 0 Å². The average Bonchev–Trinajstić information content (AvgIpc) is 2.43. The second-order valence-corrected chi connectivity index (χ2v) is 4.15. The first kappa shape index (κ1) is 15.8. The topological polar surface area (TPSA) is 79.6 Å². The molecule has 0 saturated heterocycles. The number of benzene rings is 1. The molecular formula is C15H19NO4. The van der Waals surface area contributed by atoms with Gasteiger partial charge in [0.1, 0.15) is 5.75 Å². The van der Waals surface area contributed by atoms with Crippen LogP contribution in [0.4, 0.5) is 0 Å². The molecule has 0 fully saturated rings. The van der Waals surface area contributed by atoms with E-state index < -0.39 is 5.92 Å². The Balaban J connectivity index is 2.94. The van der Waals surface area contributed by atoms with Gasteiger partial charge in [-0.3, -0.25) is 4.79 Å². The molecule has 20 heavy (non-hydrogen) atoms. The molecule has 0 aromatic heterocycles. The van der Waals surface area contributed by atoms with Crippen molar-refractivity contribution in [1.82, 2.24) is 0 Å². The van der Waals surface area contributed by atoms with Crippen molar-refractivity contribution in [2.75, 3.05) is 13.7 Å². The van der Waals surface area contributed by atoms with Crippen LogP contribution in [-0.2, 0) is 14.3 Å². The molecule has 5 nitrogen and oxygen atoms in total. The van der Waals surface area contributed by atoms with Crippen LogP contribution in [-0.4, -0.2) is 30.5 Å². The number of hydrogen-bond acceptors (Lipinski definition) is 5. The third kappa shape index (κ3) is 4.76. The zero-order valence-electron chi connectivity index (χ0n) is 11.6. The average molecular weight is 277 g/mol. The van der Waals surface area contributed by atoms with E-state index in [9.17, 15) is 9.90 Å². The van der Waals surface area contributed by atoms with E-state index in [0.29, 0.717) is 6.61 Å². The number of rotatable bonds is 7. The van der Waals surface area contributed by atoms with Crippen LogP contribution < -0.4 is 0 Å². The highest BCUT2D eigenvalue weighted by atomic mass is 16.5. The molecule has 0 heterocycles. The number of allylic oxidation sites excluding steroid dienone is 1. The predicted molar refractivity (Wildman–Crippen MR) is 76.0 cm³/mol. The van der Waals surface area contributed by atoms with Crippen LogP contribution in [0.5, 0.6) is 5.75 Å². The number of aromatic hydroxyl groups is 1. The van der Waals surface area contributed by atoms with Crippen molar-refractivity contribution in [3.05, 3.63) is 42.2 Å². The first-order valence-corrected chi connectivity index (χ1v) is 6.30. The first-order chi connectivity index (χ1) is 9.58. The van der Waals surface area contributed by atoms with Crippen LogP contribution in [0, 0.1) is 5.41 Å². The standard InChI is InChI=1S/C15H19NO4/c1-3-20-15(18)10-13(14(16)8-9-19-2)11-4-6-12(17)7-5-11/h4-9,13,16-17H,3,10H2,1-2H3/b9-8-,16-14?/t13-/m0/s1. The van der Waals surface area contributed by atoms with E-state index >= 15 is 0 Å². The normalized spacial score (nSPS) is 12.1. The summed E-state index contributed by atoms with van der Waals surface area (Å²) in [5, 5.41) is 17.3. The fourth-order valence-electron chi connectivity index (χ4n) is 1.76. The van der Waals surface area contributed by atoms with Crippen molar-refractivity contribution in [2.45, 2.75) is 19.3 Å². The Morgan fingerprint density at radius 1 is 1.40 bits per heavy atom. The van der Waals surface area contributed by atoms with E-state index in [2.05, 4.69) is 0 Å². The number of esters is 1. The number of carbonyl (C=O) groups is 1. The highest BCUT2D eigenvalue weighted by molar-refractivity contribution is 5.99. The van der Waals surface area contributed by atoms with Crippen molar-refractivity contribution >= 4 is 11.7 Å². The van der Waals surface area contributed by atoms with Crippen molar-refractivity contribution in [3.63, 3.8) is 0 Å². The van der Waals surface area contributed by atoms with E-state index in [0.717, 1.165) is 5.56 Å². The van der Waals surface area contributed by atoms with Crippen molar-refractivity contribution in [3.8, 4) is 5.75 Å². The van der Waals surface area contributed by atoms with Gasteiger partial charge in [0.05, 0.1) is 26.4 Å². The molecule has 2 N–H and O–H groups in total. The minimum absolute atomic E-state index is 0.0749. The molecular weight excluding hydrogens is 258 g/mol. The highest BCUT2D eigenvalue weighted by Crippen LogP contribution is 2.24.